The molecule has 1 amide bonds. The minimum Gasteiger partial charge on any atom is -0.369 e. The lowest BCUT2D eigenvalue weighted by Crippen LogP contribution is -2.16. The van der Waals surface area contributed by atoms with Crippen molar-refractivity contribution >= 4 is 39.0 Å². The Morgan fingerprint density at radius 2 is 2.07 bits per heavy atom. The van der Waals surface area contributed by atoms with Crippen molar-refractivity contribution in [2.75, 3.05) is 17.2 Å². The number of pyridine rings is 1. The van der Waals surface area contributed by atoms with Gasteiger partial charge < -0.3 is 10.6 Å². The van der Waals surface area contributed by atoms with E-state index in [-0.39, 0.29) is 11.3 Å². The van der Waals surface area contributed by atoms with Crippen molar-refractivity contribution < 1.29 is 4.79 Å². The Kier molecular flexibility index (Phi) is 5.61. The lowest BCUT2D eigenvalue weighted by Gasteiger charge is -2.16. The number of nitrogens with one attached hydrogen (secondary N) is 2. The zero-order valence-electron chi connectivity index (χ0n) is 16.5. The normalized spacial score (nSPS) is 11.2. The molecule has 0 spiro atoms. The quantitative estimate of drug-likeness (QED) is 0.660. The molecule has 1 aromatic carbocycles. The van der Waals surface area contributed by atoms with Gasteiger partial charge in [-0.15, -0.1) is 11.3 Å². The van der Waals surface area contributed by atoms with E-state index in [0.29, 0.717) is 29.5 Å². The first-order valence-electron chi connectivity index (χ1n) is 9.08. The van der Waals surface area contributed by atoms with E-state index in [2.05, 4.69) is 47.4 Å². The molecule has 2 N–H and O–H groups in total. The summed E-state index contributed by atoms with van der Waals surface area (Å²) in [6, 6.07) is 9.51. The van der Waals surface area contributed by atoms with E-state index in [9.17, 15) is 4.79 Å². The minimum atomic E-state index is -0.0975. The van der Waals surface area contributed by atoms with Gasteiger partial charge in [-0.2, -0.15) is 5.26 Å². The van der Waals surface area contributed by atoms with E-state index in [1.165, 1.54) is 16.2 Å². The topological polar surface area (TPSA) is 90.7 Å². The highest BCUT2D eigenvalue weighted by atomic mass is 32.1. The number of rotatable bonds is 5. The van der Waals surface area contributed by atoms with Gasteiger partial charge in [-0.3, -0.25) is 4.79 Å². The van der Waals surface area contributed by atoms with Crippen LogP contribution >= 0.6 is 11.3 Å². The molecule has 144 valence electrons. The fourth-order valence-electron chi connectivity index (χ4n) is 3.00. The third-order valence-corrected chi connectivity index (χ3v) is 5.76. The van der Waals surface area contributed by atoms with Crippen LogP contribution in [0.5, 0.6) is 0 Å². The molecule has 0 atom stereocenters. The predicted molar refractivity (Wildman–Crippen MR) is 114 cm³/mol. The molecule has 0 aliphatic rings. The van der Waals surface area contributed by atoms with Crippen molar-refractivity contribution in [1.82, 2.24) is 9.97 Å². The number of nitriles is 1. The van der Waals surface area contributed by atoms with Gasteiger partial charge in [-0.25, -0.2) is 9.97 Å². The van der Waals surface area contributed by atoms with Gasteiger partial charge in [0.1, 0.15) is 5.82 Å². The molecule has 3 rings (SSSR count). The van der Waals surface area contributed by atoms with Crippen LogP contribution in [0.4, 0.5) is 10.9 Å². The number of fused-ring (bicyclic) bond motifs is 1. The van der Waals surface area contributed by atoms with Gasteiger partial charge in [0, 0.05) is 29.4 Å². The zero-order valence-corrected chi connectivity index (χ0v) is 17.3. The summed E-state index contributed by atoms with van der Waals surface area (Å²) >= 11 is 1.52. The first-order valence-corrected chi connectivity index (χ1v) is 9.90. The third kappa shape index (κ3) is 4.46. The van der Waals surface area contributed by atoms with Crippen LogP contribution in [-0.4, -0.2) is 22.4 Å². The highest BCUT2D eigenvalue weighted by Crippen LogP contribution is 2.33. The maximum absolute atomic E-state index is 12.3. The molecular formula is C21H23N5OS. The second-order valence-electron chi connectivity index (χ2n) is 7.62. The van der Waals surface area contributed by atoms with Crippen molar-refractivity contribution in [2.24, 2.45) is 0 Å². The van der Waals surface area contributed by atoms with Gasteiger partial charge in [0.05, 0.1) is 17.3 Å². The van der Waals surface area contributed by atoms with Gasteiger partial charge in [-0.05, 0) is 35.9 Å². The Balaban J connectivity index is 1.62. The first-order chi connectivity index (χ1) is 13.3. The van der Waals surface area contributed by atoms with E-state index < -0.39 is 0 Å². The molecule has 2 heterocycles. The second kappa shape index (κ2) is 7.95. The van der Waals surface area contributed by atoms with E-state index in [0.717, 1.165) is 16.5 Å². The van der Waals surface area contributed by atoms with Crippen LogP contribution in [0.3, 0.4) is 0 Å². The molecule has 0 unspecified atom stereocenters. The Labute approximate surface area is 168 Å². The summed E-state index contributed by atoms with van der Waals surface area (Å²) in [7, 11) is 0. The summed E-state index contributed by atoms with van der Waals surface area (Å²) < 4.78 is 0. The van der Waals surface area contributed by atoms with Crippen molar-refractivity contribution in [1.29, 1.82) is 5.26 Å². The predicted octanol–water partition coefficient (Wildman–Crippen LogP) is 4.61. The number of aryl methyl sites for hydroxylation is 1. The summed E-state index contributed by atoms with van der Waals surface area (Å²) in [6.07, 6.45) is 2.00. The monoisotopic (exact) mass is 393 g/mol. The largest absolute Gasteiger partial charge is 0.369 e. The lowest BCUT2D eigenvalue weighted by atomic mass is 9.94. The van der Waals surface area contributed by atoms with E-state index in [4.69, 9.17) is 5.26 Å². The highest BCUT2D eigenvalue weighted by molar-refractivity contribution is 7.16. The van der Waals surface area contributed by atoms with E-state index in [1.54, 1.807) is 18.3 Å². The van der Waals surface area contributed by atoms with Crippen LogP contribution in [0, 0.1) is 18.3 Å². The maximum atomic E-state index is 12.3. The molecule has 6 nitrogen and oxygen atoms in total. The number of hydrogen-bond acceptors (Lipinski definition) is 6. The summed E-state index contributed by atoms with van der Waals surface area (Å²) in [5.74, 6) is 0.571. The molecule has 7 heteroatoms. The molecular weight excluding hydrogens is 370 g/mol. The molecule has 0 aliphatic heterocycles. The van der Waals surface area contributed by atoms with E-state index >= 15 is 0 Å². The number of amides is 1. The Bertz CT molecular complexity index is 1060. The number of anilines is 2. The maximum Gasteiger partial charge on any atom is 0.227 e. The smallest absolute Gasteiger partial charge is 0.227 e. The Hall–Kier alpha value is -2.98. The lowest BCUT2D eigenvalue weighted by molar-refractivity contribution is -0.115. The number of carbonyl (C=O) groups is 1. The molecule has 0 saturated heterocycles. The van der Waals surface area contributed by atoms with Gasteiger partial charge >= 0.3 is 0 Å². The van der Waals surface area contributed by atoms with Gasteiger partial charge in [-0.1, -0.05) is 26.8 Å². The molecule has 0 aliphatic carbocycles. The fraction of sp³-hybridized carbons (Fsp3) is 0.333. The molecule has 28 heavy (non-hydrogen) atoms. The minimum absolute atomic E-state index is 0.00853. The molecule has 0 radical (unpaired) electrons. The van der Waals surface area contributed by atoms with Gasteiger partial charge in [0.25, 0.3) is 0 Å². The molecule has 0 bridgehead atoms. The molecule has 0 fully saturated rings. The number of thiazole rings is 1. The van der Waals surface area contributed by atoms with Crippen LogP contribution in [0.1, 0.15) is 43.3 Å². The zero-order chi connectivity index (χ0) is 20.3. The summed E-state index contributed by atoms with van der Waals surface area (Å²) in [5.41, 5.74) is 1.54. The van der Waals surface area contributed by atoms with Crippen molar-refractivity contribution in [3.63, 3.8) is 0 Å². The van der Waals surface area contributed by atoms with Crippen LogP contribution in [0.25, 0.3) is 10.8 Å². The average Bonchev–Trinajstić information content (AvgIpc) is 3.02. The first kappa shape index (κ1) is 19.8. The van der Waals surface area contributed by atoms with Crippen LogP contribution < -0.4 is 10.6 Å². The Morgan fingerprint density at radius 1 is 1.29 bits per heavy atom. The van der Waals surface area contributed by atoms with Gasteiger partial charge in [0.15, 0.2) is 5.13 Å². The number of aromatic nitrogens is 2. The third-order valence-electron chi connectivity index (χ3n) is 4.26. The highest BCUT2D eigenvalue weighted by Gasteiger charge is 2.21. The van der Waals surface area contributed by atoms with Crippen LogP contribution in [0.2, 0.25) is 0 Å². The molecule has 0 saturated carbocycles. The summed E-state index contributed by atoms with van der Waals surface area (Å²) in [4.78, 5) is 22.3. The molecule has 2 aromatic heterocycles. The van der Waals surface area contributed by atoms with Crippen molar-refractivity contribution in [3.05, 3.63) is 46.6 Å². The standard InChI is InChI=1S/C21H23N5OS/c1-13-18(21(2,3)4)28-20(25-13)26-17(27)8-10-24-19-16-11-14(12-22)5-6-15(16)7-9-23-19/h5-7,9,11H,8,10H2,1-4H3,(H,23,24)(H,25,26,27). The average molecular weight is 394 g/mol. The second-order valence-corrected chi connectivity index (χ2v) is 8.61. The summed E-state index contributed by atoms with van der Waals surface area (Å²) in [5, 5.41) is 17.7. The van der Waals surface area contributed by atoms with Gasteiger partial charge in [0.2, 0.25) is 5.91 Å². The number of benzene rings is 1. The van der Waals surface area contributed by atoms with Crippen LogP contribution in [0.15, 0.2) is 30.5 Å². The SMILES string of the molecule is Cc1nc(NC(=O)CCNc2nccc3ccc(C#N)cc23)sc1C(C)(C)C. The van der Waals surface area contributed by atoms with E-state index in [1.807, 2.05) is 19.1 Å². The number of hydrogen-bond donors (Lipinski definition) is 2. The van der Waals surface area contributed by atoms with Crippen molar-refractivity contribution in [3.8, 4) is 6.07 Å². The number of carbonyl (C=O) groups excluding carboxylic acids is 1. The molecule has 3 aromatic rings. The van der Waals surface area contributed by atoms with Crippen molar-refractivity contribution in [2.45, 2.75) is 39.5 Å². The summed E-state index contributed by atoms with van der Waals surface area (Å²) in [6.45, 7) is 8.81. The Morgan fingerprint density at radius 3 is 2.75 bits per heavy atom. The van der Waals surface area contributed by atoms with Crippen LogP contribution in [-0.2, 0) is 10.2 Å². The number of nitrogens with zero attached hydrogens (tertiary/aromatic N) is 3. The fourth-order valence-corrected chi connectivity index (χ4v) is 4.04.